The van der Waals surface area contributed by atoms with Crippen LogP contribution in [0.3, 0.4) is 0 Å². The number of alkyl halides is 2. The molecule has 96 valence electrons. The molecule has 0 radical (unpaired) electrons. The fourth-order valence-corrected chi connectivity index (χ4v) is 6.00. The van der Waals surface area contributed by atoms with Gasteiger partial charge in [-0.1, -0.05) is 43.4 Å². The van der Waals surface area contributed by atoms with Crippen molar-refractivity contribution in [2.24, 2.45) is 0 Å². The number of halogens is 3. The zero-order chi connectivity index (χ0) is 13.1. The van der Waals surface area contributed by atoms with Crippen molar-refractivity contribution in [3.05, 3.63) is 34.9 Å². The van der Waals surface area contributed by atoms with Crippen LogP contribution in [-0.4, -0.2) is 19.8 Å². The second kappa shape index (κ2) is 5.97. The Labute approximate surface area is 120 Å². The van der Waals surface area contributed by atoms with Crippen molar-refractivity contribution >= 4 is 42.9 Å². The molecule has 0 heterocycles. The molecule has 0 aliphatic carbocycles. The Bertz CT molecular complexity index is 367. The number of benzene rings is 1. The van der Waals surface area contributed by atoms with E-state index in [-0.39, 0.29) is 5.41 Å². The quantitative estimate of drug-likeness (QED) is 0.505. The minimum atomic E-state index is -1.25. The van der Waals surface area contributed by atoms with Crippen LogP contribution >= 0.6 is 34.8 Å². The van der Waals surface area contributed by atoms with Crippen LogP contribution in [0.5, 0.6) is 0 Å². The van der Waals surface area contributed by atoms with Crippen molar-refractivity contribution in [2.45, 2.75) is 31.1 Å². The molecule has 1 rings (SSSR count). The van der Waals surface area contributed by atoms with Gasteiger partial charge in [0.2, 0.25) is 0 Å². The summed E-state index contributed by atoms with van der Waals surface area (Å²) in [6.45, 7) is 7.02. The Morgan fingerprint density at radius 1 is 1.12 bits per heavy atom. The van der Waals surface area contributed by atoms with Crippen LogP contribution < -0.4 is 0 Å². The molecular formula is C13H19Cl3Si. The summed E-state index contributed by atoms with van der Waals surface area (Å²) in [4.78, 5) is 0. The smallest absolute Gasteiger partial charge is 0.0452 e. The van der Waals surface area contributed by atoms with Gasteiger partial charge < -0.3 is 0 Å². The minimum absolute atomic E-state index is 0.140. The summed E-state index contributed by atoms with van der Waals surface area (Å²) in [6, 6.07) is 9.00. The van der Waals surface area contributed by atoms with E-state index in [4.69, 9.17) is 34.8 Å². The molecule has 0 nitrogen and oxygen atoms in total. The first-order chi connectivity index (χ1) is 7.83. The Hall–Kier alpha value is 0.307. The lowest BCUT2D eigenvalue weighted by Crippen LogP contribution is -2.39. The summed E-state index contributed by atoms with van der Waals surface area (Å²) in [7, 11) is -1.25. The molecule has 0 saturated carbocycles. The van der Waals surface area contributed by atoms with E-state index in [1.165, 1.54) is 0 Å². The van der Waals surface area contributed by atoms with E-state index in [2.05, 4.69) is 25.7 Å². The van der Waals surface area contributed by atoms with Crippen molar-refractivity contribution < 1.29 is 0 Å². The molecule has 0 fully saturated rings. The highest BCUT2D eigenvalue weighted by molar-refractivity contribution is 6.76. The highest BCUT2D eigenvalue weighted by atomic mass is 35.5. The van der Waals surface area contributed by atoms with E-state index in [9.17, 15) is 0 Å². The molecule has 0 amide bonds. The Kier molecular flexibility index (Phi) is 5.39. The van der Waals surface area contributed by atoms with Gasteiger partial charge in [-0.2, -0.15) is 0 Å². The third-order valence-corrected chi connectivity index (χ3v) is 5.81. The predicted molar refractivity (Wildman–Crippen MR) is 82.7 cm³/mol. The Morgan fingerprint density at radius 2 is 1.71 bits per heavy atom. The first-order valence-electron chi connectivity index (χ1n) is 5.71. The average molecular weight is 310 g/mol. The molecule has 0 aliphatic heterocycles. The monoisotopic (exact) mass is 308 g/mol. The molecular weight excluding hydrogens is 291 g/mol. The molecule has 0 bridgehead atoms. The summed E-state index contributed by atoms with van der Waals surface area (Å²) < 4.78 is 0. The van der Waals surface area contributed by atoms with Gasteiger partial charge in [-0.05, 0) is 23.7 Å². The molecule has 0 saturated heterocycles. The summed E-state index contributed by atoms with van der Waals surface area (Å²) in [5.74, 6) is 1.09. The van der Waals surface area contributed by atoms with Crippen molar-refractivity contribution in [1.29, 1.82) is 0 Å². The summed E-state index contributed by atoms with van der Waals surface area (Å²) in [5.41, 5.74) is 1.02. The number of hydrogen-bond acceptors (Lipinski definition) is 0. The Morgan fingerprint density at radius 3 is 2.12 bits per heavy atom. The fourth-order valence-electron chi connectivity index (χ4n) is 2.22. The molecule has 1 aromatic carbocycles. The van der Waals surface area contributed by atoms with E-state index in [1.807, 2.05) is 18.2 Å². The average Bonchev–Trinajstić information content (AvgIpc) is 2.25. The van der Waals surface area contributed by atoms with Crippen molar-refractivity contribution in [3.8, 4) is 0 Å². The van der Waals surface area contributed by atoms with E-state index >= 15 is 0 Å². The van der Waals surface area contributed by atoms with Crippen molar-refractivity contribution in [2.75, 3.05) is 11.8 Å². The molecule has 0 spiro atoms. The standard InChI is InChI=1S/C13H19Cl3Si/c1-17(2,3)10-13(8-14,9-15)11-5-4-6-12(16)7-11/h4-7H,8-10H2,1-3H3. The van der Waals surface area contributed by atoms with Crippen molar-refractivity contribution in [1.82, 2.24) is 0 Å². The van der Waals surface area contributed by atoms with Gasteiger partial charge in [0.05, 0.1) is 0 Å². The van der Waals surface area contributed by atoms with Gasteiger partial charge in [0.25, 0.3) is 0 Å². The normalized spacial score (nSPS) is 12.8. The van der Waals surface area contributed by atoms with Crippen LogP contribution in [0.2, 0.25) is 30.7 Å². The van der Waals surface area contributed by atoms with Crippen LogP contribution in [0.15, 0.2) is 24.3 Å². The van der Waals surface area contributed by atoms with Gasteiger partial charge in [0.15, 0.2) is 0 Å². The van der Waals surface area contributed by atoms with E-state index in [0.717, 1.165) is 16.6 Å². The Balaban J connectivity index is 3.15. The first kappa shape index (κ1) is 15.4. The molecule has 0 aromatic heterocycles. The zero-order valence-electron chi connectivity index (χ0n) is 10.6. The van der Waals surface area contributed by atoms with Gasteiger partial charge in [-0.15, -0.1) is 23.2 Å². The molecule has 0 atom stereocenters. The van der Waals surface area contributed by atoms with Gasteiger partial charge in [-0.25, -0.2) is 0 Å². The maximum atomic E-state index is 6.21. The zero-order valence-corrected chi connectivity index (χ0v) is 13.8. The largest absolute Gasteiger partial charge is 0.126 e. The van der Waals surface area contributed by atoms with Gasteiger partial charge >= 0.3 is 0 Å². The van der Waals surface area contributed by atoms with Crippen LogP contribution in [0, 0.1) is 0 Å². The minimum Gasteiger partial charge on any atom is -0.126 e. The van der Waals surface area contributed by atoms with E-state index in [1.54, 1.807) is 0 Å². The van der Waals surface area contributed by atoms with Crippen LogP contribution in [-0.2, 0) is 5.41 Å². The lowest BCUT2D eigenvalue weighted by atomic mass is 9.86. The second-order valence-electron chi connectivity index (χ2n) is 5.80. The molecule has 0 N–H and O–H groups in total. The maximum Gasteiger partial charge on any atom is 0.0452 e. The molecule has 4 heteroatoms. The maximum absolute atomic E-state index is 6.21. The number of hydrogen-bond donors (Lipinski definition) is 0. The topological polar surface area (TPSA) is 0 Å². The molecule has 0 unspecified atom stereocenters. The van der Waals surface area contributed by atoms with Crippen LogP contribution in [0.25, 0.3) is 0 Å². The number of rotatable bonds is 5. The highest BCUT2D eigenvalue weighted by Gasteiger charge is 2.35. The third kappa shape index (κ3) is 4.17. The van der Waals surface area contributed by atoms with Crippen LogP contribution in [0.4, 0.5) is 0 Å². The van der Waals surface area contributed by atoms with Crippen LogP contribution in [0.1, 0.15) is 5.56 Å². The molecule has 17 heavy (non-hydrogen) atoms. The van der Waals surface area contributed by atoms with E-state index in [0.29, 0.717) is 11.8 Å². The third-order valence-electron chi connectivity index (χ3n) is 2.82. The predicted octanol–water partition coefficient (Wildman–Crippen LogP) is 5.39. The van der Waals surface area contributed by atoms with E-state index < -0.39 is 8.07 Å². The van der Waals surface area contributed by atoms with Gasteiger partial charge in [0, 0.05) is 30.3 Å². The lowest BCUT2D eigenvalue weighted by Gasteiger charge is -2.35. The SMILES string of the molecule is C[Si](C)(C)CC(CCl)(CCl)c1cccc(Cl)c1. The van der Waals surface area contributed by atoms with Gasteiger partial charge in [0.1, 0.15) is 0 Å². The molecule has 0 aliphatic rings. The molecule has 1 aromatic rings. The lowest BCUT2D eigenvalue weighted by molar-refractivity contribution is 0.595. The van der Waals surface area contributed by atoms with Gasteiger partial charge in [-0.3, -0.25) is 0 Å². The summed E-state index contributed by atoms with van der Waals surface area (Å²) >= 11 is 18.5. The van der Waals surface area contributed by atoms with Crippen molar-refractivity contribution in [3.63, 3.8) is 0 Å². The highest BCUT2D eigenvalue weighted by Crippen LogP contribution is 2.37. The second-order valence-corrected chi connectivity index (χ2v) is 12.2. The summed E-state index contributed by atoms with van der Waals surface area (Å²) in [6.07, 6.45) is 0. The summed E-state index contributed by atoms with van der Waals surface area (Å²) in [5, 5.41) is 0.748. The fraction of sp³-hybridized carbons (Fsp3) is 0.538. The first-order valence-corrected chi connectivity index (χ1v) is 10.9.